The number of hydrogen-bond donors (Lipinski definition) is 5. The van der Waals surface area contributed by atoms with Crippen LogP contribution >= 0.6 is 0 Å². The Morgan fingerprint density at radius 2 is 1.30 bits per heavy atom. The third-order valence-corrected chi connectivity index (χ3v) is 4.99. The van der Waals surface area contributed by atoms with Crippen LogP contribution in [0, 0.1) is 0 Å². The van der Waals surface area contributed by atoms with Crippen LogP contribution in [0.1, 0.15) is 38.8 Å². The van der Waals surface area contributed by atoms with Gasteiger partial charge in [0.15, 0.2) is 0 Å². The summed E-state index contributed by atoms with van der Waals surface area (Å²) in [6, 6.07) is 5.09. The van der Waals surface area contributed by atoms with Crippen molar-refractivity contribution in [2.45, 2.75) is 38.8 Å². The first kappa shape index (κ1) is 25.6. The van der Waals surface area contributed by atoms with Crippen LogP contribution in [-0.2, 0) is 31.3 Å². The van der Waals surface area contributed by atoms with Gasteiger partial charge >= 0.3 is 12.1 Å². The summed E-state index contributed by atoms with van der Waals surface area (Å²) in [6.07, 6.45) is 0. The molecule has 0 aliphatic carbocycles. The lowest BCUT2D eigenvalue weighted by molar-refractivity contribution is 0.231. The highest BCUT2D eigenvalue weighted by Gasteiger charge is 2.27. The third-order valence-electron chi connectivity index (χ3n) is 3.98. The van der Waals surface area contributed by atoms with Crippen LogP contribution in [0.15, 0.2) is 24.3 Å². The van der Waals surface area contributed by atoms with Crippen molar-refractivity contribution in [1.29, 1.82) is 0 Å². The molecular formula is C16H25N4O8S2-. The minimum Gasteiger partial charge on any atom is -0.747 e. The first-order valence-corrected chi connectivity index (χ1v) is 11.7. The molecule has 30 heavy (non-hydrogen) atoms. The van der Waals surface area contributed by atoms with E-state index in [4.69, 9.17) is 4.55 Å². The van der Waals surface area contributed by atoms with Crippen molar-refractivity contribution in [1.82, 2.24) is 21.3 Å². The zero-order chi connectivity index (χ0) is 23.4. The molecule has 0 atom stereocenters. The minimum atomic E-state index is -4.61. The predicted molar refractivity (Wildman–Crippen MR) is 107 cm³/mol. The highest BCUT2D eigenvalue weighted by atomic mass is 32.2. The molecule has 1 rings (SSSR count). The van der Waals surface area contributed by atoms with Gasteiger partial charge in [0, 0.05) is 0 Å². The van der Waals surface area contributed by atoms with Gasteiger partial charge in [0.1, 0.15) is 21.9 Å². The number of benzene rings is 1. The standard InChI is InChI=1S/C16H26N4O8S2/c1-15(2,19-13(21)17-9-29(23,24)25)11-6-5-7-12(8-11)16(3,4)20-14(22)18-10-30(26,27)28/h5-8H,9-10H2,1-4H3,(H2,17,19,21)(H2,18,20,22)(H,23,24,25)(H,26,27,28)/p-1. The minimum absolute atomic E-state index is 0.605. The summed E-state index contributed by atoms with van der Waals surface area (Å²) in [5.74, 6) is -2.00. The lowest BCUT2D eigenvalue weighted by Crippen LogP contribution is -2.48. The average molecular weight is 466 g/mol. The Morgan fingerprint density at radius 1 is 0.900 bits per heavy atom. The van der Waals surface area contributed by atoms with Gasteiger partial charge in [-0.25, -0.2) is 18.0 Å². The Balaban J connectivity index is 2.93. The second-order valence-electron chi connectivity index (χ2n) is 7.52. The summed E-state index contributed by atoms with van der Waals surface area (Å²) in [4.78, 5) is 23.8. The summed E-state index contributed by atoms with van der Waals surface area (Å²) in [5.41, 5.74) is -0.725. The Labute approximate surface area is 175 Å². The molecule has 0 fully saturated rings. The van der Waals surface area contributed by atoms with Gasteiger partial charge < -0.3 is 25.8 Å². The van der Waals surface area contributed by atoms with Crippen molar-refractivity contribution in [2.75, 3.05) is 11.8 Å². The van der Waals surface area contributed by atoms with Gasteiger partial charge in [-0.05, 0) is 38.8 Å². The molecule has 170 valence electrons. The Hall–Kier alpha value is -2.42. The van der Waals surface area contributed by atoms with Crippen LogP contribution in [-0.4, -0.2) is 49.8 Å². The van der Waals surface area contributed by atoms with E-state index in [9.17, 15) is 31.0 Å². The molecule has 1 aromatic carbocycles. The molecule has 0 spiro atoms. The molecule has 0 aliphatic rings. The fourth-order valence-electron chi connectivity index (χ4n) is 2.41. The van der Waals surface area contributed by atoms with E-state index in [1.165, 1.54) is 0 Å². The van der Waals surface area contributed by atoms with E-state index in [-0.39, 0.29) is 0 Å². The van der Waals surface area contributed by atoms with Crippen molar-refractivity contribution in [3.8, 4) is 0 Å². The summed E-state index contributed by atoms with van der Waals surface area (Å²) in [6.45, 7) is 6.62. The number of carbonyl (C=O) groups is 2. The third kappa shape index (κ3) is 8.94. The zero-order valence-corrected chi connectivity index (χ0v) is 18.5. The van der Waals surface area contributed by atoms with E-state index in [0.717, 1.165) is 0 Å². The summed E-state index contributed by atoms with van der Waals surface area (Å²) < 4.78 is 62.1. The Bertz CT molecular complexity index is 927. The van der Waals surface area contributed by atoms with Crippen LogP contribution in [0.2, 0.25) is 0 Å². The van der Waals surface area contributed by atoms with E-state index in [2.05, 4.69) is 10.6 Å². The second-order valence-corrected chi connectivity index (χ2v) is 10.4. The molecule has 5 N–H and O–H groups in total. The first-order chi connectivity index (χ1) is 13.4. The molecule has 0 saturated carbocycles. The van der Waals surface area contributed by atoms with Crippen LogP contribution in [0.3, 0.4) is 0 Å². The van der Waals surface area contributed by atoms with Crippen molar-refractivity contribution >= 4 is 32.3 Å². The summed E-state index contributed by atoms with van der Waals surface area (Å²) in [7, 11) is -8.98. The maximum absolute atomic E-state index is 11.9. The van der Waals surface area contributed by atoms with Gasteiger partial charge in [-0.1, -0.05) is 24.3 Å². The van der Waals surface area contributed by atoms with E-state index >= 15 is 0 Å². The molecule has 14 heteroatoms. The molecular weight excluding hydrogens is 440 g/mol. The number of carbonyl (C=O) groups excluding carboxylic acids is 2. The molecule has 4 amide bonds. The SMILES string of the molecule is CC(C)(NC(=O)NCS(=O)(=O)[O-])c1cccc(C(C)(C)NC(=O)NCS(=O)(=O)O)c1. The fraction of sp³-hybridized carbons (Fsp3) is 0.500. The second kappa shape index (κ2) is 9.16. The van der Waals surface area contributed by atoms with Crippen molar-refractivity contribution in [3.63, 3.8) is 0 Å². The van der Waals surface area contributed by atoms with E-state index in [1.807, 2.05) is 10.6 Å². The van der Waals surface area contributed by atoms with Crippen molar-refractivity contribution in [3.05, 3.63) is 35.4 Å². The zero-order valence-electron chi connectivity index (χ0n) is 16.8. The number of urea groups is 2. The van der Waals surface area contributed by atoms with Gasteiger partial charge in [0.2, 0.25) is 0 Å². The van der Waals surface area contributed by atoms with Crippen LogP contribution < -0.4 is 21.3 Å². The molecule has 0 aromatic heterocycles. The Kier molecular flexibility index (Phi) is 7.82. The smallest absolute Gasteiger partial charge is 0.316 e. The summed E-state index contributed by atoms with van der Waals surface area (Å²) in [5, 5.41) is 9.11. The largest absolute Gasteiger partial charge is 0.747 e. The van der Waals surface area contributed by atoms with Crippen molar-refractivity contribution in [2.24, 2.45) is 0 Å². The highest BCUT2D eigenvalue weighted by Crippen LogP contribution is 2.26. The first-order valence-electron chi connectivity index (χ1n) is 8.53. The number of rotatable bonds is 8. The molecule has 0 aliphatic heterocycles. The number of amides is 4. The molecule has 12 nitrogen and oxygen atoms in total. The monoisotopic (exact) mass is 465 g/mol. The van der Waals surface area contributed by atoms with Gasteiger partial charge in [0.05, 0.1) is 11.1 Å². The molecule has 0 saturated heterocycles. The number of hydrogen-bond acceptors (Lipinski definition) is 7. The topological polar surface area (TPSA) is 194 Å². The lowest BCUT2D eigenvalue weighted by Gasteiger charge is -2.31. The molecule has 1 aromatic rings. The lowest BCUT2D eigenvalue weighted by atomic mass is 9.87. The number of nitrogens with one attached hydrogen (secondary N) is 4. The molecule has 0 radical (unpaired) electrons. The van der Waals surface area contributed by atoms with E-state index in [0.29, 0.717) is 11.1 Å². The van der Waals surface area contributed by atoms with Gasteiger partial charge in [-0.3, -0.25) is 4.55 Å². The van der Waals surface area contributed by atoms with Gasteiger partial charge in [0.25, 0.3) is 10.1 Å². The Morgan fingerprint density at radius 3 is 1.67 bits per heavy atom. The fourth-order valence-corrected chi connectivity index (χ4v) is 3.03. The maximum Gasteiger partial charge on any atom is 0.316 e. The predicted octanol–water partition coefficient (Wildman–Crippen LogP) is 0.103. The van der Waals surface area contributed by atoms with Crippen LogP contribution in [0.4, 0.5) is 9.59 Å². The van der Waals surface area contributed by atoms with E-state index in [1.54, 1.807) is 52.0 Å². The molecule has 0 bridgehead atoms. The van der Waals surface area contributed by atoms with E-state index < -0.39 is 55.1 Å². The molecule has 0 unspecified atom stereocenters. The maximum atomic E-state index is 11.9. The van der Waals surface area contributed by atoms with Crippen molar-refractivity contribution < 1.29 is 35.5 Å². The van der Waals surface area contributed by atoms with Crippen LogP contribution in [0.25, 0.3) is 0 Å². The highest BCUT2D eigenvalue weighted by molar-refractivity contribution is 7.85. The van der Waals surface area contributed by atoms with Gasteiger partial charge in [-0.2, -0.15) is 8.42 Å². The molecule has 0 heterocycles. The normalized spacial score (nSPS) is 12.7. The summed E-state index contributed by atoms with van der Waals surface area (Å²) >= 11 is 0. The average Bonchev–Trinajstić information content (AvgIpc) is 2.56. The quantitative estimate of drug-likeness (QED) is 0.333. The van der Waals surface area contributed by atoms with Crippen LogP contribution in [0.5, 0.6) is 0 Å². The van der Waals surface area contributed by atoms with Gasteiger partial charge in [-0.15, -0.1) is 0 Å².